The molecule has 0 fully saturated rings. The zero-order chi connectivity index (χ0) is 32.9. The molecule has 3 heterocycles. The highest BCUT2D eigenvalue weighted by atomic mass is 16.5. The molecule has 5 nitrogen and oxygen atoms in total. The lowest BCUT2D eigenvalue weighted by Crippen LogP contribution is -2.13. The van der Waals surface area contributed by atoms with Crippen LogP contribution in [0.2, 0.25) is 0 Å². The van der Waals surface area contributed by atoms with Crippen molar-refractivity contribution in [1.29, 1.82) is 0 Å². The van der Waals surface area contributed by atoms with Gasteiger partial charge in [-0.15, -0.1) is 0 Å². The van der Waals surface area contributed by atoms with Gasteiger partial charge in [0.25, 0.3) is 0 Å². The fourth-order valence-corrected chi connectivity index (χ4v) is 6.63. The summed E-state index contributed by atoms with van der Waals surface area (Å²) < 4.78 is 10.7. The summed E-state index contributed by atoms with van der Waals surface area (Å²) in [6, 6.07) is 31.8. The van der Waals surface area contributed by atoms with Crippen LogP contribution < -0.4 is 4.74 Å². The number of nitrogens with zero attached hydrogens (tertiary/aromatic N) is 4. The van der Waals surface area contributed by atoms with E-state index in [0.717, 1.165) is 51.4 Å². The monoisotopic (exact) mass is 618 g/mol. The summed E-state index contributed by atoms with van der Waals surface area (Å²) in [5.74, 6) is 2.97. The summed E-state index contributed by atoms with van der Waals surface area (Å²) in [6.45, 7) is 15.7. The van der Waals surface area contributed by atoms with Crippen LogP contribution in [0, 0.1) is 19.8 Å². The molecule has 0 unspecified atom stereocenters. The number of hydrogen-bond donors (Lipinski definition) is 0. The van der Waals surface area contributed by atoms with Crippen LogP contribution in [0.5, 0.6) is 11.5 Å². The topological polar surface area (TPSA) is 44.9 Å². The van der Waals surface area contributed by atoms with E-state index in [4.69, 9.17) is 14.8 Å². The number of pyridine rings is 1. The number of hydrogen-bond acceptors (Lipinski definition) is 3. The molecule has 7 aromatic rings. The van der Waals surface area contributed by atoms with E-state index in [1.54, 1.807) is 0 Å². The third-order valence-electron chi connectivity index (χ3n) is 8.88. The largest absolute Gasteiger partial charge is 0.457 e. The Hall–Kier alpha value is -5.16. The number of aryl methyl sites for hydroxylation is 2. The Kier molecular flexibility index (Phi) is 7.71. The van der Waals surface area contributed by atoms with Crippen LogP contribution in [0.3, 0.4) is 0 Å². The van der Waals surface area contributed by atoms with E-state index in [0.29, 0.717) is 5.92 Å². The van der Waals surface area contributed by atoms with Crippen molar-refractivity contribution in [2.45, 2.75) is 60.3 Å². The highest BCUT2D eigenvalue weighted by Gasteiger charge is 2.20. The Bertz CT molecular complexity index is 2250. The molecule has 3 aromatic heterocycles. The Morgan fingerprint density at radius 2 is 1.57 bits per heavy atom. The predicted molar refractivity (Wildman–Crippen MR) is 194 cm³/mol. The van der Waals surface area contributed by atoms with Gasteiger partial charge in [-0.05, 0) is 102 Å². The number of para-hydroxylation sites is 1. The maximum Gasteiger partial charge on any atom is 0.137 e. The van der Waals surface area contributed by atoms with Crippen LogP contribution in [0.25, 0.3) is 44.4 Å². The Morgan fingerprint density at radius 1 is 0.787 bits per heavy atom. The second-order valence-corrected chi connectivity index (χ2v) is 14.2. The molecule has 0 aliphatic heterocycles. The lowest BCUT2D eigenvalue weighted by molar-refractivity contribution is 0.483. The Morgan fingerprint density at radius 3 is 2.36 bits per heavy atom. The molecule has 0 aliphatic carbocycles. The highest BCUT2D eigenvalue weighted by Crippen LogP contribution is 2.37. The van der Waals surface area contributed by atoms with E-state index in [-0.39, 0.29) is 5.41 Å². The molecular formula is C42H42N4O. The minimum atomic E-state index is 0.0955. The SMILES string of the molecule is Cc1ccnc(-n2c3ccccc3c3ccc(Oc4cccc(-n5cc(-c6c(C)cc(C(C)(C)C)cc6CC(C)C)cn5)c4)cc32)c1. The van der Waals surface area contributed by atoms with Gasteiger partial charge in [0, 0.05) is 40.9 Å². The molecule has 47 heavy (non-hydrogen) atoms. The first-order valence-corrected chi connectivity index (χ1v) is 16.5. The van der Waals surface area contributed by atoms with Gasteiger partial charge in [-0.1, -0.05) is 71.0 Å². The van der Waals surface area contributed by atoms with Crippen molar-refractivity contribution >= 4 is 21.8 Å². The quantitative estimate of drug-likeness (QED) is 0.178. The van der Waals surface area contributed by atoms with Crippen molar-refractivity contribution in [1.82, 2.24) is 19.3 Å². The van der Waals surface area contributed by atoms with E-state index >= 15 is 0 Å². The normalized spacial score (nSPS) is 12.0. The van der Waals surface area contributed by atoms with Crippen molar-refractivity contribution in [3.05, 3.63) is 132 Å². The van der Waals surface area contributed by atoms with Crippen molar-refractivity contribution in [3.8, 4) is 34.1 Å². The molecule has 0 aliphatic rings. The summed E-state index contributed by atoms with van der Waals surface area (Å²) in [5, 5.41) is 7.16. The van der Waals surface area contributed by atoms with E-state index in [1.807, 2.05) is 47.4 Å². The van der Waals surface area contributed by atoms with Gasteiger partial charge in [0.15, 0.2) is 0 Å². The maximum absolute atomic E-state index is 6.50. The average molecular weight is 619 g/mol. The van der Waals surface area contributed by atoms with E-state index < -0.39 is 0 Å². The molecule has 0 atom stereocenters. The van der Waals surface area contributed by atoms with E-state index in [9.17, 15) is 0 Å². The zero-order valence-electron chi connectivity index (χ0n) is 28.4. The van der Waals surface area contributed by atoms with E-state index in [1.165, 1.54) is 33.2 Å². The maximum atomic E-state index is 6.50. The van der Waals surface area contributed by atoms with E-state index in [2.05, 4.69) is 120 Å². The second-order valence-electron chi connectivity index (χ2n) is 14.2. The first-order chi connectivity index (χ1) is 22.5. The fourth-order valence-electron chi connectivity index (χ4n) is 6.63. The summed E-state index contributed by atoms with van der Waals surface area (Å²) in [5.41, 5.74) is 10.9. The predicted octanol–water partition coefficient (Wildman–Crippen LogP) is 10.9. The highest BCUT2D eigenvalue weighted by molar-refractivity contribution is 6.09. The van der Waals surface area contributed by atoms with Gasteiger partial charge >= 0.3 is 0 Å². The minimum Gasteiger partial charge on any atom is -0.457 e. The smallest absolute Gasteiger partial charge is 0.137 e. The third kappa shape index (κ3) is 5.94. The Balaban J connectivity index is 1.23. The van der Waals surface area contributed by atoms with Crippen LogP contribution in [-0.2, 0) is 11.8 Å². The minimum absolute atomic E-state index is 0.0955. The van der Waals surface area contributed by atoms with Crippen LogP contribution in [-0.4, -0.2) is 19.3 Å². The molecule has 0 N–H and O–H groups in total. The number of rotatable bonds is 7. The molecular weight excluding hydrogens is 576 g/mol. The molecule has 0 amide bonds. The number of fused-ring (bicyclic) bond motifs is 3. The molecule has 7 rings (SSSR count). The molecule has 5 heteroatoms. The molecule has 0 radical (unpaired) electrons. The van der Waals surface area contributed by atoms with Crippen molar-refractivity contribution in [2.24, 2.45) is 5.92 Å². The van der Waals surface area contributed by atoms with Gasteiger partial charge in [-0.3, -0.25) is 4.57 Å². The summed E-state index contributed by atoms with van der Waals surface area (Å²) in [7, 11) is 0. The average Bonchev–Trinajstić information content (AvgIpc) is 3.63. The number of ether oxygens (including phenoxy) is 1. The third-order valence-corrected chi connectivity index (χ3v) is 8.88. The van der Waals surface area contributed by atoms with Crippen molar-refractivity contribution in [3.63, 3.8) is 0 Å². The van der Waals surface area contributed by atoms with Crippen molar-refractivity contribution < 1.29 is 4.74 Å². The number of aromatic nitrogens is 4. The molecule has 4 aromatic carbocycles. The second kappa shape index (κ2) is 11.9. The van der Waals surface area contributed by atoms with Gasteiger partial charge < -0.3 is 4.74 Å². The van der Waals surface area contributed by atoms with Crippen LogP contribution >= 0.6 is 0 Å². The molecule has 236 valence electrons. The zero-order valence-corrected chi connectivity index (χ0v) is 28.4. The first-order valence-electron chi connectivity index (χ1n) is 16.5. The molecule has 0 saturated heterocycles. The Labute approximate surface area is 277 Å². The van der Waals surface area contributed by atoms with Gasteiger partial charge in [0.05, 0.1) is 22.9 Å². The lowest BCUT2D eigenvalue weighted by atomic mass is 9.81. The molecule has 0 saturated carbocycles. The van der Waals surface area contributed by atoms with Gasteiger partial charge in [0.1, 0.15) is 17.3 Å². The first kappa shape index (κ1) is 30.5. The van der Waals surface area contributed by atoms with Crippen LogP contribution in [0.15, 0.2) is 110 Å². The van der Waals surface area contributed by atoms with Crippen LogP contribution in [0.4, 0.5) is 0 Å². The fraction of sp³-hybridized carbons (Fsp3) is 0.238. The summed E-state index contributed by atoms with van der Waals surface area (Å²) in [6.07, 6.45) is 7.02. The number of benzene rings is 4. The van der Waals surface area contributed by atoms with Crippen LogP contribution in [0.1, 0.15) is 56.9 Å². The lowest BCUT2D eigenvalue weighted by Gasteiger charge is -2.23. The summed E-state index contributed by atoms with van der Waals surface area (Å²) in [4.78, 5) is 4.72. The standard InChI is InChI=1S/C42H42N4O/c1-27(2)19-30-22-32(42(5,6)7)21-29(4)41(30)31-25-44-45(26-31)33-11-10-12-34(23-33)47-35-15-16-37-36-13-8-9-14-38(36)46(39(37)24-35)40-20-28(3)17-18-43-40/h8-18,20-27H,19H2,1-7H3. The molecule has 0 bridgehead atoms. The van der Waals surface area contributed by atoms with Gasteiger partial charge in [-0.2, -0.15) is 5.10 Å². The molecule has 0 spiro atoms. The van der Waals surface area contributed by atoms with Gasteiger partial charge in [-0.25, -0.2) is 9.67 Å². The van der Waals surface area contributed by atoms with Gasteiger partial charge in [0.2, 0.25) is 0 Å². The summed E-state index contributed by atoms with van der Waals surface area (Å²) >= 11 is 0. The van der Waals surface area contributed by atoms with Crippen molar-refractivity contribution in [2.75, 3.05) is 0 Å².